The molecular weight excluding hydrogens is 210 g/mol. The van der Waals surface area contributed by atoms with Gasteiger partial charge in [0.1, 0.15) is 5.75 Å². The van der Waals surface area contributed by atoms with Crippen LogP contribution in [0.15, 0.2) is 24.3 Å². The van der Waals surface area contributed by atoms with E-state index in [1.165, 1.54) is 5.56 Å². The molecule has 1 unspecified atom stereocenters. The van der Waals surface area contributed by atoms with Crippen molar-refractivity contribution in [2.45, 2.75) is 52.1 Å². The van der Waals surface area contributed by atoms with Gasteiger partial charge in [-0.2, -0.15) is 0 Å². The Morgan fingerprint density at radius 2 is 2.00 bits per heavy atom. The first kappa shape index (κ1) is 14.0. The van der Waals surface area contributed by atoms with E-state index in [0.29, 0.717) is 6.54 Å². The highest BCUT2D eigenvalue weighted by Crippen LogP contribution is 2.26. The van der Waals surface area contributed by atoms with Crippen LogP contribution in [0.25, 0.3) is 0 Å². The number of nitrogens with two attached hydrogens (primary N) is 1. The van der Waals surface area contributed by atoms with Gasteiger partial charge in [0.05, 0.1) is 6.10 Å². The Balaban J connectivity index is 2.78. The van der Waals surface area contributed by atoms with Gasteiger partial charge in [-0.25, -0.2) is 0 Å². The minimum Gasteiger partial charge on any atom is -0.490 e. The SMILES string of the molecule is CCC(CCN)Oc1cccc(C(C)(C)C)c1. The lowest BCUT2D eigenvalue weighted by Crippen LogP contribution is -2.20. The van der Waals surface area contributed by atoms with E-state index in [1.54, 1.807) is 0 Å². The maximum atomic E-state index is 5.96. The summed E-state index contributed by atoms with van der Waals surface area (Å²) in [4.78, 5) is 0. The Morgan fingerprint density at radius 3 is 2.53 bits per heavy atom. The highest BCUT2D eigenvalue weighted by Gasteiger charge is 2.15. The van der Waals surface area contributed by atoms with E-state index >= 15 is 0 Å². The Kier molecular flexibility index (Phi) is 5.01. The fourth-order valence-electron chi connectivity index (χ4n) is 1.76. The van der Waals surface area contributed by atoms with Gasteiger partial charge in [0.25, 0.3) is 0 Å². The van der Waals surface area contributed by atoms with Gasteiger partial charge in [0.15, 0.2) is 0 Å². The maximum Gasteiger partial charge on any atom is 0.120 e. The maximum absolute atomic E-state index is 5.96. The first-order valence-corrected chi connectivity index (χ1v) is 6.44. The van der Waals surface area contributed by atoms with Crippen LogP contribution in [0.4, 0.5) is 0 Å². The van der Waals surface area contributed by atoms with Gasteiger partial charge >= 0.3 is 0 Å². The van der Waals surface area contributed by atoms with Gasteiger partial charge in [0, 0.05) is 0 Å². The lowest BCUT2D eigenvalue weighted by Gasteiger charge is -2.22. The molecule has 0 amide bonds. The van der Waals surface area contributed by atoms with Crippen molar-refractivity contribution in [3.63, 3.8) is 0 Å². The van der Waals surface area contributed by atoms with Gasteiger partial charge in [-0.3, -0.25) is 0 Å². The quantitative estimate of drug-likeness (QED) is 0.848. The zero-order valence-corrected chi connectivity index (χ0v) is 11.5. The number of hydrogen-bond donors (Lipinski definition) is 1. The summed E-state index contributed by atoms with van der Waals surface area (Å²) in [5, 5.41) is 0. The molecule has 0 saturated heterocycles. The van der Waals surface area contributed by atoms with E-state index in [1.807, 2.05) is 6.07 Å². The molecule has 17 heavy (non-hydrogen) atoms. The largest absolute Gasteiger partial charge is 0.490 e. The monoisotopic (exact) mass is 235 g/mol. The number of ether oxygens (including phenoxy) is 1. The van der Waals surface area contributed by atoms with Crippen LogP contribution in [0, 0.1) is 0 Å². The molecule has 0 aliphatic carbocycles. The predicted molar refractivity (Wildman–Crippen MR) is 73.5 cm³/mol. The molecule has 0 fully saturated rings. The summed E-state index contributed by atoms with van der Waals surface area (Å²) < 4.78 is 5.96. The summed E-state index contributed by atoms with van der Waals surface area (Å²) in [5.41, 5.74) is 7.04. The van der Waals surface area contributed by atoms with Crippen LogP contribution >= 0.6 is 0 Å². The molecule has 0 heterocycles. The fourth-order valence-corrected chi connectivity index (χ4v) is 1.76. The third kappa shape index (κ3) is 4.39. The minimum absolute atomic E-state index is 0.162. The second-order valence-electron chi connectivity index (χ2n) is 5.50. The van der Waals surface area contributed by atoms with Gasteiger partial charge in [-0.05, 0) is 42.5 Å². The molecule has 0 saturated carbocycles. The van der Waals surface area contributed by atoms with E-state index < -0.39 is 0 Å². The average Bonchev–Trinajstić information content (AvgIpc) is 2.28. The van der Waals surface area contributed by atoms with E-state index in [0.717, 1.165) is 18.6 Å². The summed E-state index contributed by atoms with van der Waals surface area (Å²) in [6.07, 6.45) is 2.14. The molecule has 1 atom stereocenters. The first-order valence-electron chi connectivity index (χ1n) is 6.44. The molecule has 0 radical (unpaired) electrons. The van der Waals surface area contributed by atoms with Gasteiger partial charge in [-0.1, -0.05) is 39.8 Å². The average molecular weight is 235 g/mol. The molecule has 0 aliphatic heterocycles. The molecule has 0 aromatic heterocycles. The van der Waals surface area contributed by atoms with Gasteiger partial charge < -0.3 is 10.5 Å². The van der Waals surface area contributed by atoms with Crippen molar-refractivity contribution < 1.29 is 4.74 Å². The van der Waals surface area contributed by atoms with Crippen molar-refractivity contribution in [1.29, 1.82) is 0 Å². The minimum atomic E-state index is 0.162. The van der Waals surface area contributed by atoms with Crippen molar-refractivity contribution in [1.82, 2.24) is 0 Å². The molecule has 1 rings (SSSR count). The Morgan fingerprint density at radius 1 is 1.29 bits per heavy atom. The smallest absolute Gasteiger partial charge is 0.120 e. The molecule has 2 heteroatoms. The summed E-state index contributed by atoms with van der Waals surface area (Å²) >= 11 is 0. The molecule has 1 aromatic carbocycles. The highest BCUT2D eigenvalue weighted by atomic mass is 16.5. The van der Waals surface area contributed by atoms with Crippen molar-refractivity contribution in [2.24, 2.45) is 5.73 Å². The number of rotatable bonds is 5. The van der Waals surface area contributed by atoms with Crippen LogP contribution in [0.3, 0.4) is 0 Å². The summed E-state index contributed by atoms with van der Waals surface area (Å²) in [6, 6.07) is 8.37. The summed E-state index contributed by atoms with van der Waals surface area (Å²) in [7, 11) is 0. The lowest BCUT2D eigenvalue weighted by atomic mass is 9.87. The predicted octanol–water partition coefficient (Wildman–Crippen LogP) is 3.49. The Labute approximate surface area is 105 Å². The Bertz CT molecular complexity index is 341. The standard InChI is InChI=1S/C15H25NO/c1-5-13(9-10-16)17-14-8-6-7-12(11-14)15(2,3)4/h6-8,11,13H,5,9-10,16H2,1-4H3. The molecule has 2 nitrogen and oxygen atoms in total. The van der Waals surface area contributed by atoms with Crippen molar-refractivity contribution >= 4 is 0 Å². The molecule has 0 bridgehead atoms. The number of benzene rings is 1. The van der Waals surface area contributed by atoms with Crippen molar-refractivity contribution in [3.05, 3.63) is 29.8 Å². The third-order valence-corrected chi connectivity index (χ3v) is 2.95. The topological polar surface area (TPSA) is 35.2 Å². The van der Waals surface area contributed by atoms with E-state index in [-0.39, 0.29) is 11.5 Å². The lowest BCUT2D eigenvalue weighted by molar-refractivity contribution is 0.189. The molecule has 0 spiro atoms. The Hall–Kier alpha value is -1.02. The second-order valence-corrected chi connectivity index (χ2v) is 5.50. The fraction of sp³-hybridized carbons (Fsp3) is 0.600. The molecule has 2 N–H and O–H groups in total. The van der Waals surface area contributed by atoms with Crippen LogP contribution in [-0.2, 0) is 5.41 Å². The van der Waals surface area contributed by atoms with Crippen LogP contribution < -0.4 is 10.5 Å². The van der Waals surface area contributed by atoms with Gasteiger partial charge in [0.2, 0.25) is 0 Å². The van der Waals surface area contributed by atoms with Crippen LogP contribution in [0.5, 0.6) is 5.75 Å². The van der Waals surface area contributed by atoms with E-state index in [2.05, 4.69) is 45.9 Å². The van der Waals surface area contributed by atoms with Crippen molar-refractivity contribution in [2.75, 3.05) is 6.54 Å². The molecule has 1 aromatic rings. The van der Waals surface area contributed by atoms with E-state index in [9.17, 15) is 0 Å². The highest BCUT2D eigenvalue weighted by molar-refractivity contribution is 5.32. The van der Waals surface area contributed by atoms with Crippen LogP contribution in [0.2, 0.25) is 0 Å². The normalized spacial score (nSPS) is 13.5. The molecule has 96 valence electrons. The summed E-state index contributed by atoms with van der Waals surface area (Å²) in [6.45, 7) is 9.45. The molecule has 0 aliphatic rings. The second kappa shape index (κ2) is 6.06. The zero-order chi connectivity index (χ0) is 12.9. The zero-order valence-electron chi connectivity index (χ0n) is 11.5. The first-order chi connectivity index (χ1) is 7.97. The van der Waals surface area contributed by atoms with Gasteiger partial charge in [-0.15, -0.1) is 0 Å². The van der Waals surface area contributed by atoms with Crippen LogP contribution in [0.1, 0.15) is 46.1 Å². The summed E-state index contributed by atoms with van der Waals surface area (Å²) in [5.74, 6) is 0.956. The number of hydrogen-bond acceptors (Lipinski definition) is 2. The van der Waals surface area contributed by atoms with E-state index in [4.69, 9.17) is 10.5 Å². The van der Waals surface area contributed by atoms with Crippen molar-refractivity contribution in [3.8, 4) is 5.75 Å². The van der Waals surface area contributed by atoms with Crippen LogP contribution in [-0.4, -0.2) is 12.6 Å². The molecular formula is C15H25NO. The third-order valence-electron chi connectivity index (χ3n) is 2.95.